The molecule has 0 atom stereocenters. The van der Waals surface area contributed by atoms with Gasteiger partial charge in [0.1, 0.15) is 5.95 Å². The number of alkyl halides is 3. The average Bonchev–Trinajstić information content (AvgIpc) is 3.25. The second kappa shape index (κ2) is 8.94. The Hall–Kier alpha value is -2.86. The molecule has 0 fully saturated rings. The van der Waals surface area contributed by atoms with E-state index in [0.717, 1.165) is 12.1 Å². The second-order valence-corrected chi connectivity index (χ2v) is 7.39. The van der Waals surface area contributed by atoms with Crippen LogP contribution in [0.25, 0.3) is 16.9 Å². The molecule has 3 aromatic heterocycles. The average molecular weight is 619 g/mol. The number of pyridine rings is 2. The fourth-order valence-electron chi connectivity index (χ4n) is 3.13. The van der Waals surface area contributed by atoms with Gasteiger partial charge in [0.15, 0.2) is 0 Å². The molecule has 166 valence electrons. The van der Waals surface area contributed by atoms with Crippen LogP contribution in [0.4, 0.5) is 17.6 Å². The molecule has 4 rings (SSSR count). The summed E-state index contributed by atoms with van der Waals surface area (Å²) in [5.41, 5.74) is 0.415. The largest absolute Gasteiger partial charge is 2.00 e. The van der Waals surface area contributed by atoms with Crippen LogP contribution in [0.2, 0.25) is 0 Å². The maximum Gasteiger partial charge on any atom is 2.00 e. The summed E-state index contributed by atoms with van der Waals surface area (Å²) in [7, 11) is 0. The first-order chi connectivity index (χ1) is 14.7. The van der Waals surface area contributed by atoms with Crippen molar-refractivity contribution < 1.29 is 38.6 Å². The van der Waals surface area contributed by atoms with Gasteiger partial charge in [0.05, 0.1) is 11.1 Å². The van der Waals surface area contributed by atoms with Crippen LogP contribution in [-0.2, 0) is 32.7 Å². The minimum atomic E-state index is -4.46. The van der Waals surface area contributed by atoms with Gasteiger partial charge < -0.3 is 9.97 Å². The third kappa shape index (κ3) is 4.65. The Morgan fingerprint density at radius 3 is 2.47 bits per heavy atom. The van der Waals surface area contributed by atoms with Crippen LogP contribution in [0.15, 0.2) is 60.9 Å². The van der Waals surface area contributed by atoms with Crippen molar-refractivity contribution in [1.29, 1.82) is 0 Å². The number of aromatic nitrogens is 4. The minimum absolute atomic E-state index is 0. The van der Waals surface area contributed by atoms with Crippen LogP contribution in [-0.4, -0.2) is 19.7 Å². The summed E-state index contributed by atoms with van der Waals surface area (Å²) in [5.74, 6) is -0.672. The van der Waals surface area contributed by atoms with Crippen molar-refractivity contribution in [2.75, 3.05) is 0 Å². The first-order valence-corrected chi connectivity index (χ1v) is 9.32. The molecule has 0 unspecified atom stereocenters. The molecule has 0 bridgehead atoms. The molecule has 0 aliphatic carbocycles. The molecule has 1 aromatic carbocycles. The Morgan fingerprint density at radius 2 is 1.75 bits per heavy atom. The molecule has 0 spiro atoms. The molecular weight excluding hydrogens is 603 g/mol. The van der Waals surface area contributed by atoms with Gasteiger partial charge in [0, 0.05) is 11.9 Å². The molecule has 4 nitrogen and oxygen atoms in total. The number of hydrogen-bond donors (Lipinski definition) is 0. The van der Waals surface area contributed by atoms with Crippen molar-refractivity contribution in [3.63, 3.8) is 0 Å². The maximum absolute atomic E-state index is 14.1. The fraction of sp³-hybridized carbons (Fsp3) is 0.174. The Labute approximate surface area is 196 Å². The number of hydrogen-bond acceptors (Lipinski definition) is 3. The molecule has 0 N–H and O–H groups in total. The van der Waals surface area contributed by atoms with E-state index in [-0.39, 0.29) is 32.3 Å². The van der Waals surface area contributed by atoms with Gasteiger partial charge in [-0.05, 0) is 37.4 Å². The maximum atomic E-state index is 14.1. The Morgan fingerprint density at radius 1 is 0.969 bits per heavy atom. The Balaban J connectivity index is 0.00000289. The van der Waals surface area contributed by atoms with E-state index in [1.165, 1.54) is 23.0 Å². The summed E-state index contributed by atoms with van der Waals surface area (Å²) in [6.45, 7) is 3.76. The quantitative estimate of drug-likeness (QED) is 0.174. The molecule has 0 aliphatic heterocycles. The summed E-state index contributed by atoms with van der Waals surface area (Å²) < 4.78 is 54.5. The van der Waals surface area contributed by atoms with E-state index in [2.05, 4.69) is 27.2 Å². The van der Waals surface area contributed by atoms with Crippen molar-refractivity contribution in [2.24, 2.45) is 0 Å². The molecule has 9 heteroatoms. The number of halogens is 4. The van der Waals surface area contributed by atoms with Gasteiger partial charge in [-0.15, -0.1) is 18.2 Å². The topological polar surface area (TPSA) is 43.6 Å². The van der Waals surface area contributed by atoms with Crippen LogP contribution in [0.3, 0.4) is 0 Å². The van der Waals surface area contributed by atoms with E-state index in [0.29, 0.717) is 17.1 Å². The zero-order valence-corrected chi connectivity index (χ0v) is 19.2. The molecule has 0 saturated heterocycles. The smallest absolute Gasteiger partial charge is 0.326 e. The van der Waals surface area contributed by atoms with Gasteiger partial charge in [-0.2, -0.15) is 36.5 Å². The van der Waals surface area contributed by atoms with Gasteiger partial charge in [0.2, 0.25) is 0 Å². The first kappa shape index (κ1) is 23.8. The van der Waals surface area contributed by atoms with Gasteiger partial charge in [-0.3, -0.25) is 4.68 Å². The first-order valence-electron chi connectivity index (χ1n) is 9.32. The van der Waals surface area contributed by atoms with Crippen molar-refractivity contribution >= 4 is 0 Å². The molecule has 0 aliphatic rings. The third-order valence-electron chi connectivity index (χ3n) is 4.93. The minimum Gasteiger partial charge on any atom is -0.326 e. The van der Waals surface area contributed by atoms with Crippen molar-refractivity contribution in [3.8, 4) is 16.9 Å². The molecule has 4 aromatic rings. The van der Waals surface area contributed by atoms with Crippen molar-refractivity contribution in [1.82, 2.24) is 19.7 Å². The van der Waals surface area contributed by atoms with E-state index in [1.807, 2.05) is 13.8 Å². The van der Waals surface area contributed by atoms with Crippen molar-refractivity contribution in [3.05, 3.63) is 96.0 Å². The van der Waals surface area contributed by atoms with Crippen LogP contribution >= 0.6 is 0 Å². The van der Waals surface area contributed by atoms with Crippen LogP contribution in [0, 0.1) is 18.1 Å². The predicted molar refractivity (Wildman–Crippen MR) is 106 cm³/mol. The second-order valence-electron chi connectivity index (χ2n) is 7.39. The number of rotatable bonds is 4. The molecular formula is C23H16F4N4Pt. The fourth-order valence-corrected chi connectivity index (χ4v) is 3.13. The van der Waals surface area contributed by atoms with Gasteiger partial charge in [0.25, 0.3) is 0 Å². The van der Waals surface area contributed by atoms with E-state index in [9.17, 15) is 17.6 Å². The molecule has 0 saturated carbocycles. The third-order valence-corrected chi connectivity index (χ3v) is 4.93. The summed E-state index contributed by atoms with van der Waals surface area (Å²) >= 11 is 0. The normalized spacial score (nSPS) is 11.8. The van der Waals surface area contributed by atoms with E-state index in [1.54, 1.807) is 30.5 Å². The number of benzene rings is 1. The monoisotopic (exact) mass is 619 g/mol. The van der Waals surface area contributed by atoms with Gasteiger partial charge in [-0.25, -0.2) is 4.39 Å². The van der Waals surface area contributed by atoms with Crippen LogP contribution in [0.1, 0.15) is 30.8 Å². The summed E-state index contributed by atoms with van der Waals surface area (Å²) in [6.07, 6.45) is -1.58. The molecule has 3 heterocycles. The molecule has 32 heavy (non-hydrogen) atoms. The summed E-state index contributed by atoms with van der Waals surface area (Å²) in [4.78, 5) is 8.19. The zero-order chi connectivity index (χ0) is 22.2. The van der Waals surface area contributed by atoms with Gasteiger partial charge in [-0.1, -0.05) is 29.5 Å². The Kier molecular flexibility index (Phi) is 6.65. The SMILES string of the molecule is CC(C)(c1cccc(-c2[c-]ccnc2F)n1)c1ccn(-c2[c-]ccc(C(F)(F)F)c2)n1.[Pt+2]. The van der Waals surface area contributed by atoms with E-state index < -0.39 is 23.1 Å². The van der Waals surface area contributed by atoms with Gasteiger partial charge >= 0.3 is 27.2 Å². The Bertz CT molecular complexity index is 1230. The molecule has 0 radical (unpaired) electrons. The summed E-state index contributed by atoms with van der Waals surface area (Å²) in [5, 5.41) is 4.46. The van der Waals surface area contributed by atoms with Crippen LogP contribution < -0.4 is 0 Å². The van der Waals surface area contributed by atoms with Crippen molar-refractivity contribution in [2.45, 2.75) is 25.4 Å². The van der Waals surface area contributed by atoms with Crippen LogP contribution in [0.5, 0.6) is 0 Å². The summed E-state index contributed by atoms with van der Waals surface area (Å²) in [6, 6.07) is 17.1. The van der Waals surface area contributed by atoms with E-state index in [4.69, 9.17) is 0 Å². The predicted octanol–water partition coefficient (Wildman–Crippen LogP) is 5.41. The van der Waals surface area contributed by atoms with E-state index >= 15 is 0 Å². The zero-order valence-electron chi connectivity index (χ0n) is 16.9. The standard InChI is InChI=1S/C23H16F4N4.Pt/c1-22(2,19-10-4-9-18(29-19)17-8-5-12-28-21(17)24)20-11-13-31(30-20)16-7-3-6-15(14-16)23(25,26)27;/h3-6,9-14H,1-2H3;/q-2;+2. The molecule has 0 amide bonds. The number of nitrogens with zero attached hydrogens (tertiary/aromatic N) is 4.